The zero-order valence-corrected chi connectivity index (χ0v) is 17.1. The maximum absolute atomic E-state index is 12.8. The summed E-state index contributed by atoms with van der Waals surface area (Å²) in [5, 5.41) is 5.35. The Bertz CT molecular complexity index is 1270. The van der Waals surface area contributed by atoms with Gasteiger partial charge in [-0.3, -0.25) is 14.0 Å². The highest BCUT2D eigenvalue weighted by molar-refractivity contribution is 5.81. The number of likely N-dealkylation sites (N-methyl/N-ethyl adjacent to an activating group) is 1. The molecular formula is C23H21F3N4O. The fraction of sp³-hybridized carbons (Fsp3) is 0.217. The largest absolute Gasteiger partial charge is 0.416 e. The maximum atomic E-state index is 12.8. The number of hydrogen-bond acceptors (Lipinski definition) is 3. The average molecular weight is 426 g/mol. The molecule has 0 spiro atoms. The number of pyridine rings is 1. The monoisotopic (exact) mass is 426 g/mol. The predicted octanol–water partition coefficient (Wildman–Crippen LogP) is 4.43. The molecule has 0 saturated carbocycles. The average Bonchev–Trinajstić information content (AvgIpc) is 3.14. The van der Waals surface area contributed by atoms with Crippen molar-refractivity contribution in [3.05, 3.63) is 82.9 Å². The molecule has 0 bridgehead atoms. The molecule has 4 rings (SSSR count). The summed E-state index contributed by atoms with van der Waals surface area (Å²) in [6.07, 6.45) is -0.982. The van der Waals surface area contributed by atoms with Crippen molar-refractivity contribution in [2.45, 2.75) is 12.7 Å². The van der Waals surface area contributed by atoms with Crippen molar-refractivity contribution in [1.82, 2.24) is 19.2 Å². The van der Waals surface area contributed by atoms with Crippen molar-refractivity contribution in [2.75, 3.05) is 20.6 Å². The molecule has 0 N–H and O–H groups in total. The number of fused-ring (bicyclic) bond motifs is 1. The van der Waals surface area contributed by atoms with E-state index in [1.807, 2.05) is 37.0 Å². The SMILES string of the molecule is CN(C)CCn1ncc2cc(-n3ccc(-c4ccc(C(F)(F)F)cc4)cc3=O)ccc21. The van der Waals surface area contributed by atoms with E-state index in [4.69, 9.17) is 0 Å². The van der Waals surface area contributed by atoms with Crippen LogP contribution in [0.1, 0.15) is 5.56 Å². The van der Waals surface area contributed by atoms with Crippen molar-refractivity contribution >= 4 is 10.9 Å². The van der Waals surface area contributed by atoms with Gasteiger partial charge in [0.15, 0.2) is 0 Å². The predicted molar refractivity (Wildman–Crippen MR) is 114 cm³/mol. The van der Waals surface area contributed by atoms with Crippen molar-refractivity contribution in [1.29, 1.82) is 0 Å². The zero-order chi connectivity index (χ0) is 22.2. The van der Waals surface area contributed by atoms with Gasteiger partial charge in [-0.1, -0.05) is 12.1 Å². The lowest BCUT2D eigenvalue weighted by molar-refractivity contribution is -0.137. The van der Waals surface area contributed by atoms with Gasteiger partial charge in [0.2, 0.25) is 0 Å². The number of aromatic nitrogens is 3. The number of nitrogens with zero attached hydrogens (tertiary/aromatic N) is 4. The second kappa shape index (κ2) is 8.03. The van der Waals surface area contributed by atoms with Crippen LogP contribution in [0, 0.1) is 0 Å². The Morgan fingerprint density at radius 2 is 1.71 bits per heavy atom. The van der Waals surface area contributed by atoms with Crippen LogP contribution in [-0.4, -0.2) is 39.9 Å². The normalized spacial score (nSPS) is 12.1. The number of rotatable bonds is 5. The van der Waals surface area contributed by atoms with Crippen molar-refractivity contribution in [2.24, 2.45) is 0 Å². The summed E-state index contributed by atoms with van der Waals surface area (Å²) >= 11 is 0. The van der Waals surface area contributed by atoms with E-state index in [2.05, 4.69) is 10.00 Å². The topological polar surface area (TPSA) is 43.1 Å². The molecule has 0 radical (unpaired) electrons. The van der Waals surface area contributed by atoms with Crippen LogP contribution in [-0.2, 0) is 12.7 Å². The standard InChI is InChI=1S/C23H21F3N4O/c1-28(2)11-12-30-21-8-7-20(13-18(21)15-27-30)29-10-9-17(14-22(29)31)16-3-5-19(6-4-16)23(24,25)26/h3-10,13-15H,11-12H2,1-2H3. The lowest BCUT2D eigenvalue weighted by Gasteiger charge is -2.11. The minimum absolute atomic E-state index is 0.267. The summed E-state index contributed by atoms with van der Waals surface area (Å²) in [6.45, 7) is 1.63. The Labute approximate surface area is 177 Å². The van der Waals surface area contributed by atoms with Gasteiger partial charge in [-0.15, -0.1) is 0 Å². The Kier molecular flexibility index (Phi) is 5.41. The maximum Gasteiger partial charge on any atom is 0.416 e. The van der Waals surface area contributed by atoms with Crippen LogP contribution in [0.15, 0.2) is 71.8 Å². The molecule has 0 fully saturated rings. The van der Waals surface area contributed by atoms with E-state index in [9.17, 15) is 18.0 Å². The van der Waals surface area contributed by atoms with E-state index in [0.29, 0.717) is 16.8 Å². The van der Waals surface area contributed by atoms with Crippen molar-refractivity contribution < 1.29 is 13.2 Å². The fourth-order valence-electron chi connectivity index (χ4n) is 3.42. The van der Waals surface area contributed by atoms with Gasteiger partial charge in [-0.05, 0) is 61.6 Å². The van der Waals surface area contributed by atoms with E-state index in [0.717, 1.165) is 36.1 Å². The Morgan fingerprint density at radius 1 is 0.968 bits per heavy atom. The van der Waals surface area contributed by atoms with Gasteiger partial charge in [0, 0.05) is 29.9 Å². The third-order valence-corrected chi connectivity index (χ3v) is 5.13. The summed E-state index contributed by atoms with van der Waals surface area (Å²) in [5.74, 6) is 0. The molecule has 31 heavy (non-hydrogen) atoms. The lowest BCUT2D eigenvalue weighted by Crippen LogP contribution is -2.19. The van der Waals surface area contributed by atoms with Crippen molar-refractivity contribution in [3.63, 3.8) is 0 Å². The van der Waals surface area contributed by atoms with Crippen LogP contribution in [0.5, 0.6) is 0 Å². The number of benzene rings is 2. The Morgan fingerprint density at radius 3 is 2.35 bits per heavy atom. The molecule has 2 heterocycles. The molecular weight excluding hydrogens is 405 g/mol. The molecule has 0 amide bonds. The molecule has 0 aliphatic carbocycles. The van der Waals surface area contributed by atoms with Crippen LogP contribution in [0.2, 0.25) is 0 Å². The van der Waals surface area contributed by atoms with Crippen molar-refractivity contribution in [3.8, 4) is 16.8 Å². The molecule has 4 aromatic rings. The lowest BCUT2D eigenvalue weighted by atomic mass is 10.0. The Hall–Kier alpha value is -3.39. The number of hydrogen-bond donors (Lipinski definition) is 0. The summed E-state index contributed by atoms with van der Waals surface area (Å²) in [4.78, 5) is 14.8. The zero-order valence-electron chi connectivity index (χ0n) is 17.1. The first-order chi connectivity index (χ1) is 14.7. The number of alkyl halides is 3. The van der Waals surface area contributed by atoms with Gasteiger partial charge in [0.1, 0.15) is 0 Å². The van der Waals surface area contributed by atoms with E-state index in [-0.39, 0.29) is 5.56 Å². The van der Waals surface area contributed by atoms with Gasteiger partial charge in [0.25, 0.3) is 5.56 Å². The van der Waals surface area contributed by atoms with E-state index in [1.54, 1.807) is 18.5 Å². The van der Waals surface area contributed by atoms with Gasteiger partial charge in [-0.25, -0.2) is 0 Å². The molecule has 0 aliphatic rings. The third-order valence-electron chi connectivity index (χ3n) is 5.13. The smallest absolute Gasteiger partial charge is 0.308 e. The summed E-state index contributed by atoms with van der Waals surface area (Å²) < 4.78 is 41.7. The molecule has 5 nitrogen and oxygen atoms in total. The molecule has 0 unspecified atom stereocenters. The van der Waals surface area contributed by atoms with E-state index < -0.39 is 11.7 Å². The van der Waals surface area contributed by atoms with Crippen LogP contribution >= 0.6 is 0 Å². The summed E-state index contributed by atoms with van der Waals surface area (Å²) in [7, 11) is 4.01. The quantitative estimate of drug-likeness (QED) is 0.474. The van der Waals surface area contributed by atoms with Gasteiger partial charge in [-0.2, -0.15) is 18.3 Å². The van der Waals surface area contributed by atoms with Gasteiger partial charge < -0.3 is 4.90 Å². The summed E-state index contributed by atoms with van der Waals surface area (Å²) in [5.41, 5.74) is 1.81. The second-order valence-electron chi connectivity index (χ2n) is 7.61. The highest BCUT2D eigenvalue weighted by Crippen LogP contribution is 2.30. The minimum atomic E-state index is -4.39. The molecule has 2 aromatic heterocycles. The number of halogens is 3. The minimum Gasteiger partial charge on any atom is -0.308 e. The van der Waals surface area contributed by atoms with Crippen LogP contribution in [0.3, 0.4) is 0 Å². The van der Waals surface area contributed by atoms with E-state index >= 15 is 0 Å². The first kappa shape index (κ1) is 20.9. The first-order valence-corrected chi connectivity index (χ1v) is 9.73. The highest BCUT2D eigenvalue weighted by Gasteiger charge is 2.29. The molecule has 0 atom stereocenters. The first-order valence-electron chi connectivity index (χ1n) is 9.73. The second-order valence-corrected chi connectivity index (χ2v) is 7.61. The molecule has 160 valence electrons. The summed E-state index contributed by atoms with van der Waals surface area (Å²) in [6, 6.07) is 13.6. The van der Waals surface area contributed by atoms with Crippen LogP contribution in [0.4, 0.5) is 13.2 Å². The Balaban J connectivity index is 1.62. The molecule has 2 aromatic carbocycles. The third kappa shape index (κ3) is 4.39. The molecule has 0 aliphatic heterocycles. The van der Waals surface area contributed by atoms with Gasteiger partial charge >= 0.3 is 6.18 Å². The molecule has 0 saturated heterocycles. The molecule has 8 heteroatoms. The highest BCUT2D eigenvalue weighted by atomic mass is 19.4. The van der Waals surface area contributed by atoms with Gasteiger partial charge in [0.05, 0.1) is 23.8 Å². The van der Waals surface area contributed by atoms with Crippen LogP contribution in [0.25, 0.3) is 27.7 Å². The van der Waals surface area contributed by atoms with E-state index in [1.165, 1.54) is 22.8 Å². The fourth-order valence-corrected chi connectivity index (χ4v) is 3.42. The van der Waals surface area contributed by atoms with Crippen LogP contribution < -0.4 is 5.56 Å².